The van der Waals surface area contributed by atoms with Gasteiger partial charge in [-0.15, -0.1) is 0 Å². The van der Waals surface area contributed by atoms with E-state index in [-0.39, 0.29) is 17.5 Å². The van der Waals surface area contributed by atoms with Crippen LogP contribution in [-0.2, 0) is 4.79 Å². The predicted octanol–water partition coefficient (Wildman–Crippen LogP) is 3.88. The number of hydrogen-bond donors (Lipinski definition) is 1. The molecule has 0 fully saturated rings. The monoisotopic (exact) mass is 320 g/mol. The van der Waals surface area contributed by atoms with Crippen LogP contribution in [0.1, 0.15) is 5.56 Å². The van der Waals surface area contributed by atoms with Crippen LogP contribution in [0.15, 0.2) is 42.5 Å². The number of nitrogens with zero attached hydrogens (tertiary/aromatic N) is 1. The number of anilines is 1. The molecule has 0 aliphatic rings. The first-order valence-electron chi connectivity index (χ1n) is 5.96. The summed E-state index contributed by atoms with van der Waals surface area (Å²) < 4.78 is 5.31. The van der Waals surface area contributed by atoms with Gasteiger partial charge in [0.2, 0.25) is 0 Å². The molecule has 0 radical (unpaired) electrons. The molecule has 0 aromatic heterocycles. The standard InChI is InChI=1S/C15H10Cl2N2O2/c16-11-2-4-12(5-3-11)19-15(20)9-21-14-6-1-10(8-18)7-13(14)17/h1-7H,9H2,(H,19,20). The molecule has 0 heterocycles. The minimum atomic E-state index is -0.322. The van der Waals surface area contributed by atoms with Crippen LogP contribution >= 0.6 is 23.2 Å². The maximum absolute atomic E-state index is 11.7. The van der Waals surface area contributed by atoms with Crippen molar-refractivity contribution in [2.24, 2.45) is 0 Å². The Labute approximate surface area is 131 Å². The van der Waals surface area contributed by atoms with Crippen molar-refractivity contribution < 1.29 is 9.53 Å². The predicted molar refractivity (Wildman–Crippen MR) is 81.7 cm³/mol. The van der Waals surface area contributed by atoms with Gasteiger partial charge in [-0.3, -0.25) is 4.79 Å². The number of carbonyl (C=O) groups is 1. The van der Waals surface area contributed by atoms with Crippen molar-refractivity contribution in [3.05, 3.63) is 58.1 Å². The van der Waals surface area contributed by atoms with Crippen LogP contribution in [0.3, 0.4) is 0 Å². The van der Waals surface area contributed by atoms with Crippen LogP contribution in [-0.4, -0.2) is 12.5 Å². The third-order valence-corrected chi connectivity index (χ3v) is 3.10. The number of amides is 1. The first kappa shape index (κ1) is 15.2. The van der Waals surface area contributed by atoms with Crippen LogP contribution in [0.4, 0.5) is 5.69 Å². The largest absolute Gasteiger partial charge is 0.482 e. The molecule has 0 unspecified atom stereocenters. The molecule has 1 amide bonds. The van der Waals surface area contributed by atoms with Crippen molar-refractivity contribution in [2.75, 3.05) is 11.9 Å². The Hall–Kier alpha value is -2.22. The molecule has 0 atom stereocenters. The molecule has 0 bridgehead atoms. The Kier molecular flexibility index (Phi) is 5.04. The lowest BCUT2D eigenvalue weighted by atomic mass is 10.2. The topological polar surface area (TPSA) is 62.1 Å². The van der Waals surface area contributed by atoms with E-state index in [9.17, 15) is 4.79 Å². The highest BCUT2D eigenvalue weighted by molar-refractivity contribution is 6.32. The van der Waals surface area contributed by atoms with Crippen molar-refractivity contribution in [3.8, 4) is 11.8 Å². The zero-order chi connectivity index (χ0) is 15.2. The molecule has 2 aromatic carbocycles. The summed E-state index contributed by atoms with van der Waals surface area (Å²) >= 11 is 11.7. The van der Waals surface area contributed by atoms with Gasteiger partial charge in [-0.2, -0.15) is 5.26 Å². The van der Waals surface area contributed by atoms with Gasteiger partial charge in [-0.05, 0) is 42.5 Å². The number of hydrogen-bond acceptors (Lipinski definition) is 3. The number of carbonyl (C=O) groups excluding carboxylic acids is 1. The lowest BCUT2D eigenvalue weighted by molar-refractivity contribution is -0.118. The molecule has 1 N–H and O–H groups in total. The summed E-state index contributed by atoms with van der Waals surface area (Å²) in [6.45, 7) is -0.186. The summed E-state index contributed by atoms with van der Waals surface area (Å²) in [5.74, 6) is 0.0275. The van der Waals surface area contributed by atoms with E-state index < -0.39 is 0 Å². The molecule has 2 aromatic rings. The van der Waals surface area contributed by atoms with Crippen LogP contribution in [0.2, 0.25) is 10.0 Å². The second-order valence-electron chi connectivity index (χ2n) is 4.10. The average Bonchev–Trinajstić information content (AvgIpc) is 2.48. The van der Waals surface area contributed by atoms with Crippen molar-refractivity contribution in [2.45, 2.75) is 0 Å². The highest BCUT2D eigenvalue weighted by Crippen LogP contribution is 2.25. The van der Waals surface area contributed by atoms with Gasteiger partial charge in [0.1, 0.15) is 5.75 Å². The number of nitrogens with one attached hydrogen (secondary N) is 1. The van der Waals surface area contributed by atoms with Crippen LogP contribution in [0.25, 0.3) is 0 Å². The molecule has 6 heteroatoms. The van der Waals surface area contributed by atoms with Gasteiger partial charge in [-0.25, -0.2) is 0 Å². The Bertz CT molecular complexity index is 694. The summed E-state index contributed by atoms with van der Waals surface area (Å²) in [5.41, 5.74) is 1.05. The molecule has 0 saturated heterocycles. The highest BCUT2D eigenvalue weighted by atomic mass is 35.5. The fraction of sp³-hybridized carbons (Fsp3) is 0.0667. The lowest BCUT2D eigenvalue weighted by Crippen LogP contribution is -2.20. The van der Waals surface area contributed by atoms with E-state index in [1.807, 2.05) is 6.07 Å². The number of nitriles is 1. The molecular formula is C15H10Cl2N2O2. The lowest BCUT2D eigenvalue weighted by Gasteiger charge is -2.09. The Morgan fingerprint density at radius 1 is 1.19 bits per heavy atom. The summed E-state index contributed by atoms with van der Waals surface area (Å²) in [7, 11) is 0. The molecule has 0 aliphatic carbocycles. The van der Waals surface area contributed by atoms with Crippen molar-refractivity contribution in [3.63, 3.8) is 0 Å². The minimum absolute atomic E-state index is 0.186. The summed E-state index contributed by atoms with van der Waals surface area (Å²) in [6, 6.07) is 13.3. The van der Waals surface area contributed by atoms with E-state index >= 15 is 0 Å². The van der Waals surface area contributed by atoms with Crippen molar-refractivity contribution >= 4 is 34.8 Å². The SMILES string of the molecule is N#Cc1ccc(OCC(=O)Nc2ccc(Cl)cc2)c(Cl)c1. The first-order chi connectivity index (χ1) is 10.1. The van der Waals surface area contributed by atoms with E-state index in [1.54, 1.807) is 36.4 Å². The maximum Gasteiger partial charge on any atom is 0.262 e. The van der Waals surface area contributed by atoms with Gasteiger partial charge in [0.15, 0.2) is 6.61 Å². The molecule has 21 heavy (non-hydrogen) atoms. The Balaban J connectivity index is 1.92. The van der Waals surface area contributed by atoms with Crippen LogP contribution in [0, 0.1) is 11.3 Å². The van der Waals surface area contributed by atoms with Gasteiger partial charge in [-0.1, -0.05) is 23.2 Å². The number of rotatable bonds is 4. The number of benzene rings is 2. The molecule has 0 spiro atoms. The van der Waals surface area contributed by atoms with Crippen LogP contribution in [0.5, 0.6) is 5.75 Å². The number of halogens is 2. The van der Waals surface area contributed by atoms with Gasteiger partial charge >= 0.3 is 0 Å². The molecule has 2 rings (SSSR count). The zero-order valence-electron chi connectivity index (χ0n) is 10.8. The summed E-state index contributed by atoms with van der Waals surface area (Å²) in [6.07, 6.45) is 0. The van der Waals surface area contributed by atoms with E-state index in [0.29, 0.717) is 22.0 Å². The van der Waals surface area contributed by atoms with Gasteiger partial charge < -0.3 is 10.1 Å². The molecule has 4 nitrogen and oxygen atoms in total. The fourth-order valence-electron chi connectivity index (χ4n) is 1.56. The van der Waals surface area contributed by atoms with Crippen molar-refractivity contribution in [1.29, 1.82) is 5.26 Å². The molecule has 0 aliphatic heterocycles. The summed E-state index contributed by atoms with van der Waals surface area (Å²) in [4.78, 5) is 11.7. The van der Waals surface area contributed by atoms with Gasteiger partial charge in [0, 0.05) is 10.7 Å². The molecular weight excluding hydrogens is 311 g/mol. The van der Waals surface area contributed by atoms with Gasteiger partial charge in [0.25, 0.3) is 5.91 Å². The Morgan fingerprint density at radius 2 is 1.90 bits per heavy atom. The smallest absolute Gasteiger partial charge is 0.262 e. The quantitative estimate of drug-likeness (QED) is 0.929. The second-order valence-corrected chi connectivity index (χ2v) is 4.94. The molecule has 0 saturated carbocycles. The van der Waals surface area contributed by atoms with E-state index in [4.69, 9.17) is 33.2 Å². The summed E-state index contributed by atoms with van der Waals surface area (Å²) in [5, 5.41) is 12.3. The zero-order valence-corrected chi connectivity index (χ0v) is 12.3. The van der Waals surface area contributed by atoms with E-state index in [2.05, 4.69) is 5.32 Å². The first-order valence-corrected chi connectivity index (χ1v) is 6.72. The van der Waals surface area contributed by atoms with E-state index in [0.717, 1.165) is 0 Å². The average molecular weight is 321 g/mol. The van der Waals surface area contributed by atoms with E-state index in [1.165, 1.54) is 6.07 Å². The maximum atomic E-state index is 11.7. The van der Waals surface area contributed by atoms with Crippen molar-refractivity contribution in [1.82, 2.24) is 0 Å². The third-order valence-electron chi connectivity index (χ3n) is 2.55. The minimum Gasteiger partial charge on any atom is -0.482 e. The van der Waals surface area contributed by atoms with Crippen LogP contribution < -0.4 is 10.1 Å². The number of ether oxygens (including phenoxy) is 1. The highest BCUT2D eigenvalue weighted by Gasteiger charge is 2.07. The molecule has 106 valence electrons. The fourth-order valence-corrected chi connectivity index (χ4v) is 1.92. The second kappa shape index (κ2) is 6.98. The van der Waals surface area contributed by atoms with Gasteiger partial charge in [0.05, 0.1) is 16.7 Å². The third kappa shape index (κ3) is 4.38. The Morgan fingerprint density at radius 3 is 2.52 bits per heavy atom. The normalized spacial score (nSPS) is 9.76.